The largest absolute Gasteiger partial charge is 0.433 e. The summed E-state index contributed by atoms with van der Waals surface area (Å²) < 4.78 is 4.91. The molecule has 9 nitrogen and oxygen atoms in total. The van der Waals surface area contributed by atoms with Gasteiger partial charge in [-0.15, -0.1) is 0 Å². The van der Waals surface area contributed by atoms with E-state index in [4.69, 9.17) is 4.42 Å². The molecular formula is C15H15N5O4. The molecule has 2 N–H and O–H groups in total. The van der Waals surface area contributed by atoms with Gasteiger partial charge in [-0.25, -0.2) is 4.99 Å². The highest BCUT2D eigenvalue weighted by atomic mass is 16.6. The van der Waals surface area contributed by atoms with Crippen molar-refractivity contribution in [2.45, 2.75) is 13.8 Å². The van der Waals surface area contributed by atoms with E-state index >= 15 is 0 Å². The van der Waals surface area contributed by atoms with Gasteiger partial charge in [0.15, 0.2) is 11.6 Å². The molecule has 0 radical (unpaired) electrons. The van der Waals surface area contributed by atoms with Crippen LogP contribution in [0.3, 0.4) is 0 Å². The van der Waals surface area contributed by atoms with Gasteiger partial charge in [0.25, 0.3) is 0 Å². The first-order valence-corrected chi connectivity index (χ1v) is 6.87. The minimum atomic E-state index is -0.645. The topological polar surface area (TPSA) is 126 Å². The second-order valence-corrected chi connectivity index (χ2v) is 4.77. The van der Waals surface area contributed by atoms with Crippen molar-refractivity contribution in [1.82, 2.24) is 5.48 Å². The fourth-order valence-corrected chi connectivity index (χ4v) is 1.74. The summed E-state index contributed by atoms with van der Waals surface area (Å²) in [6, 6.07) is 10.0. The Labute approximate surface area is 137 Å². The maximum atomic E-state index is 10.5. The SMILES string of the molecule is C/C(=N\N=C\c1ccc([N+](=O)[O-])o1)C(=Nc1cccc(C)c1)NO. The molecule has 0 atom stereocenters. The quantitative estimate of drug-likeness (QED) is 0.377. The van der Waals surface area contributed by atoms with Crippen molar-refractivity contribution >= 4 is 29.3 Å². The minimum Gasteiger partial charge on any atom is -0.400 e. The van der Waals surface area contributed by atoms with Gasteiger partial charge < -0.3 is 4.42 Å². The van der Waals surface area contributed by atoms with Crippen LogP contribution in [0.1, 0.15) is 18.2 Å². The van der Waals surface area contributed by atoms with Gasteiger partial charge in [0.05, 0.1) is 18.0 Å². The Morgan fingerprint density at radius 2 is 2.17 bits per heavy atom. The molecule has 0 aliphatic carbocycles. The van der Waals surface area contributed by atoms with E-state index in [0.717, 1.165) is 5.56 Å². The summed E-state index contributed by atoms with van der Waals surface area (Å²) in [7, 11) is 0. The Balaban J connectivity index is 2.14. The lowest BCUT2D eigenvalue weighted by Gasteiger charge is -2.03. The van der Waals surface area contributed by atoms with Crippen LogP contribution in [0.4, 0.5) is 11.6 Å². The third-order valence-electron chi connectivity index (χ3n) is 2.88. The summed E-state index contributed by atoms with van der Waals surface area (Å²) in [6.07, 6.45) is 1.22. The van der Waals surface area contributed by atoms with Gasteiger partial charge in [-0.1, -0.05) is 12.1 Å². The predicted octanol–water partition coefficient (Wildman–Crippen LogP) is 3.00. The van der Waals surface area contributed by atoms with Crippen LogP contribution in [-0.4, -0.2) is 27.9 Å². The first kappa shape index (κ1) is 17.0. The van der Waals surface area contributed by atoms with Gasteiger partial charge >= 0.3 is 5.88 Å². The Bertz CT molecular complexity index is 823. The van der Waals surface area contributed by atoms with Crippen LogP contribution in [0.15, 0.2) is 56.0 Å². The number of aryl methyl sites for hydroxylation is 1. The number of hydrogen-bond donors (Lipinski definition) is 2. The van der Waals surface area contributed by atoms with E-state index < -0.39 is 4.92 Å². The summed E-state index contributed by atoms with van der Waals surface area (Å²) in [4.78, 5) is 14.1. The van der Waals surface area contributed by atoms with Gasteiger partial charge in [-0.05, 0) is 37.6 Å². The molecule has 0 saturated carbocycles. The monoisotopic (exact) mass is 329 g/mol. The molecule has 1 aromatic carbocycles. The number of nitro groups is 1. The third kappa shape index (κ3) is 4.58. The lowest BCUT2D eigenvalue weighted by molar-refractivity contribution is -0.402. The molecule has 2 rings (SSSR count). The molecule has 0 fully saturated rings. The number of nitrogens with zero attached hydrogens (tertiary/aromatic N) is 4. The van der Waals surface area contributed by atoms with Gasteiger partial charge in [-0.3, -0.25) is 20.8 Å². The smallest absolute Gasteiger partial charge is 0.400 e. The number of hydroxylamine groups is 1. The van der Waals surface area contributed by atoms with E-state index in [1.54, 1.807) is 13.0 Å². The maximum Gasteiger partial charge on any atom is 0.433 e. The highest BCUT2D eigenvalue weighted by Gasteiger charge is 2.10. The van der Waals surface area contributed by atoms with Crippen LogP contribution in [0.2, 0.25) is 0 Å². The molecule has 0 amide bonds. The van der Waals surface area contributed by atoms with E-state index in [-0.39, 0.29) is 17.5 Å². The fourth-order valence-electron chi connectivity index (χ4n) is 1.74. The van der Waals surface area contributed by atoms with Gasteiger partial charge in [-0.2, -0.15) is 10.2 Å². The van der Waals surface area contributed by atoms with Crippen molar-refractivity contribution in [1.29, 1.82) is 0 Å². The maximum absolute atomic E-state index is 10.5. The summed E-state index contributed by atoms with van der Waals surface area (Å²) in [6.45, 7) is 3.53. The van der Waals surface area contributed by atoms with Crippen LogP contribution < -0.4 is 5.48 Å². The molecule has 1 heterocycles. The molecule has 1 aromatic heterocycles. The van der Waals surface area contributed by atoms with Gasteiger partial charge in [0.1, 0.15) is 10.6 Å². The van der Waals surface area contributed by atoms with Crippen LogP contribution in [-0.2, 0) is 0 Å². The number of hydrogen-bond acceptors (Lipinski definition) is 7. The molecule has 24 heavy (non-hydrogen) atoms. The summed E-state index contributed by atoms with van der Waals surface area (Å²) >= 11 is 0. The Kier molecular flexibility index (Phi) is 5.53. The average Bonchev–Trinajstić information content (AvgIpc) is 3.01. The second-order valence-electron chi connectivity index (χ2n) is 4.77. The zero-order valence-corrected chi connectivity index (χ0v) is 13.0. The van der Waals surface area contributed by atoms with Crippen LogP contribution in [0.25, 0.3) is 0 Å². The summed E-state index contributed by atoms with van der Waals surface area (Å²) in [5.41, 5.74) is 3.96. The molecule has 2 aromatic rings. The Hall–Kier alpha value is -3.33. The van der Waals surface area contributed by atoms with Crippen molar-refractivity contribution in [3.63, 3.8) is 0 Å². The van der Waals surface area contributed by atoms with Crippen molar-refractivity contribution < 1.29 is 14.5 Å². The number of furan rings is 1. The van der Waals surface area contributed by atoms with Crippen molar-refractivity contribution in [3.8, 4) is 0 Å². The van der Waals surface area contributed by atoms with Crippen molar-refractivity contribution in [3.05, 3.63) is 57.8 Å². The molecule has 0 aliphatic heterocycles. The Morgan fingerprint density at radius 1 is 1.38 bits per heavy atom. The average molecular weight is 329 g/mol. The summed E-state index contributed by atoms with van der Waals surface area (Å²) in [5, 5.41) is 27.3. The van der Waals surface area contributed by atoms with Gasteiger partial charge in [0.2, 0.25) is 0 Å². The third-order valence-corrected chi connectivity index (χ3v) is 2.88. The normalized spacial score (nSPS) is 12.6. The van der Waals surface area contributed by atoms with Crippen molar-refractivity contribution in [2.24, 2.45) is 15.2 Å². The van der Waals surface area contributed by atoms with Crippen LogP contribution in [0.5, 0.6) is 0 Å². The lowest BCUT2D eigenvalue weighted by Crippen LogP contribution is -2.26. The van der Waals surface area contributed by atoms with E-state index in [1.807, 2.05) is 30.6 Å². The fraction of sp³-hybridized carbons (Fsp3) is 0.133. The highest BCUT2D eigenvalue weighted by molar-refractivity contribution is 6.40. The minimum absolute atomic E-state index is 0.128. The molecule has 9 heteroatoms. The number of aliphatic imine (C=N–C) groups is 1. The number of amidine groups is 1. The first-order chi connectivity index (χ1) is 11.5. The number of rotatable bonds is 5. The zero-order chi connectivity index (χ0) is 17.5. The molecule has 0 unspecified atom stereocenters. The predicted molar refractivity (Wildman–Crippen MR) is 89.3 cm³/mol. The number of benzene rings is 1. The van der Waals surface area contributed by atoms with Crippen molar-refractivity contribution in [2.75, 3.05) is 0 Å². The first-order valence-electron chi connectivity index (χ1n) is 6.87. The van der Waals surface area contributed by atoms with E-state index in [0.29, 0.717) is 11.4 Å². The lowest BCUT2D eigenvalue weighted by atomic mass is 10.2. The van der Waals surface area contributed by atoms with Crippen LogP contribution >= 0.6 is 0 Å². The molecule has 0 aliphatic rings. The van der Waals surface area contributed by atoms with Crippen LogP contribution in [0, 0.1) is 17.0 Å². The molecule has 0 bridgehead atoms. The number of nitrogens with one attached hydrogen (secondary N) is 1. The van der Waals surface area contributed by atoms with E-state index in [1.165, 1.54) is 18.3 Å². The van der Waals surface area contributed by atoms with E-state index in [2.05, 4.69) is 15.2 Å². The molecule has 124 valence electrons. The Morgan fingerprint density at radius 3 is 2.79 bits per heavy atom. The molecule has 0 spiro atoms. The summed E-state index contributed by atoms with van der Waals surface area (Å²) in [5.74, 6) is -0.0635. The molecule has 0 saturated heterocycles. The second kappa shape index (κ2) is 7.79. The van der Waals surface area contributed by atoms with E-state index in [9.17, 15) is 15.3 Å². The highest BCUT2D eigenvalue weighted by Crippen LogP contribution is 2.14. The zero-order valence-electron chi connectivity index (χ0n) is 13.0. The molecular weight excluding hydrogens is 314 g/mol. The standard InChI is InChI=1S/C15H15N5O4/c1-10-4-3-5-12(8-10)17-15(19-21)11(2)18-16-9-13-6-7-14(24-13)20(22)23/h3-9,21H,1-2H3,(H,17,19)/b16-9+,18-11+. The van der Waals surface area contributed by atoms with Gasteiger partial charge in [0, 0.05) is 0 Å².